The number of aryl methyl sites for hydroxylation is 2. The van der Waals surface area contributed by atoms with Crippen molar-refractivity contribution < 1.29 is 0 Å². The second-order valence-electron chi connectivity index (χ2n) is 4.25. The third-order valence-corrected chi connectivity index (χ3v) is 3.51. The molecule has 1 atom stereocenters. The van der Waals surface area contributed by atoms with Gasteiger partial charge in [0.1, 0.15) is 0 Å². The fourth-order valence-electron chi connectivity index (χ4n) is 2.07. The minimum Gasteiger partial charge on any atom is -0.310 e. The summed E-state index contributed by atoms with van der Waals surface area (Å²) in [6.45, 7) is 7.58. The highest BCUT2D eigenvalue weighted by atomic mass is 32.2. The van der Waals surface area contributed by atoms with E-state index in [1.807, 2.05) is 11.8 Å². The lowest BCUT2D eigenvalue weighted by molar-refractivity contribution is 0.538. The van der Waals surface area contributed by atoms with Crippen LogP contribution in [0.4, 0.5) is 0 Å². The van der Waals surface area contributed by atoms with Crippen LogP contribution in [0, 0.1) is 13.8 Å². The minimum absolute atomic E-state index is 0.512. The van der Waals surface area contributed by atoms with Gasteiger partial charge in [-0.25, -0.2) is 0 Å². The molecule has 90 valence electrons. The summed E-state index contributed by atoms with van der Waals surface area (Å²) >= 11 is 1.92. The van der Waals surface area contributed by atoms with Gasteiger partial charge in [-0.2, -0.15) is 11.8 Å². The molecule has 0 aromatic heterocycles. The lowest BCUT2D eigenvalue weighted by Gasteiger charge is -2.20. The normalized spacial score (nSPS) is 12.8. The number of thioether (sulfide) groups is 1. The van der Waals surface area contributed by atoms with Crippen molar-refractivity contribution in [3.8, 4) is 0 Å². The summed E-state index contributed by atoms with van der Waals surface area (Å²) < 4.78 is 0. The van der Waals surface area contributed by atoms with Crippen molar-refractivity contribution in [1.29, 1.82) is 0 Å². The average molecular weight is 237 g/mol. The van der Waals surface area contributed by atoms with E-state index in [1.165, 1.54) is 28.9 Å². The molecule has 0 bridgehead atoms. The van der Waals surface area contributed by atoms with Gasteiger partial charge in [0.15, 0.2) is 0 Å². The van der Waals surface area contributed by atoms with Crippen LogP contribution in [0.1, 0.15) is 36.1 Å². The van der Waals surface area contributed by atoms with Gasteiger partial charge in [0, 0.05) is 6.04 Å². The quantitative estimate of drug-likeness (QED) is 0.809. The van der Waals surface area contributed by atoms with Crippen LogP contribution < -0.4 is 5.32 Å². The van der Waals surface area contributed by atoms with Gasteiger partial charge >= 0.3 is 0 Å². The lowest BCUT2D eigenvalue weighted by Crippen LogP contribution is -2.22. The number of hydrogen-bond donors (Lipinski definition) is 1. The molecular formula is C14H23NS. The van der Waals surface area contributed by atoms with Crippen LogP contribution in [-0.4, -0.2) is 18.6 Å². The summed E-state index contributed by atoms with van der Waals surface area (Å²) in [7, 11) is 0. The summed E-state index contributed by atoms with van der Waals surface area (Å²) in [6.07, 6.45) is 3.38. The maximum Gasteiger partial charge on any atom is 0.0330 e. The first-order valence-electron chi connectivity index (χ1n) is 5.98. The molecule has 0 radical (unpaired) electrons. The van der Waals surface area contributed by atoms with Gasteiger partial charge in [-0.05, 0) is 49.9 Å². The van der Waals surface area contributed by atoms with Crippen LogP contribution in [0.25, 0.3) is 0 Å². The van der Waals surface area contributed by atoms with E-state index in [-0.39, 0.29) is 0 Å². The summed E-state index contributed by atoms with van der Waals surface area (Å²) in [5.74, 6) is 1.21. The first-order valence-corrected chi connectivity index (χ1v) is 7.38. The van der Waals surface area contributed by atoms with E-state index >= 15 is 0 Å². The van der Waals surface area contributed by atoms with Gasteiger partial charge in [-0.1, -0.05) is 30.7 Å². The second-order valence-corrected chi connectivity index (χ2v) is 5.24. The van der Waals surface area contributed by atoms with Crippen LogP contribution in [0.5, 0.6) is 0 Å². The van der Waals surface area contributed by atoms with Crippen molar-refractivity contribution in [2.75, 3.05) is 18.6 Å². The van der Waals surface area contributed by atoms with Crippen molar-refractivity contribution >= 4 is 11.8 Å². The molecule has 2 heteroatoms. The van der Waals surface area contributed by atoms with Crippen molar-refractivity contribution in [2.24, 2.45) is 0 Å². The number of rotatable bonds is 6. The molecule has 1 nitrogen and oxygen atoms in total. The molecular weight excluding hydrogens is 214 g/mol. The van der Waals surface area contributed by atoms with Gasteiger partial charge in [-0.3, -0.25) is 0 Å². The molecule has 0 amide bonds. The SMILES string of the molecule is CCNC(CCSC)c1ccc(C)cc1C. The third-order valence-electron chi connectivity index (χ3n) is 2.86. The highest BCUT2D eigenvalue weighted by Gasteiger charge is 2.11. The predicted molar refractivity (Wildman–Crippen MR) is 75.3 cm³/mol. The smallest absolute Gasteiger partial charge is 0.0330 e. The molecule has 0 fully saturated rings. The molecule has 1 aromatic carbocycles. The molecule has 0 heterocycles. The Morgan fingerprint density at radius 3 is 2.62 bits per heavy atom. The number of hydrogen-bond acceptors (Lipinski definition) is 2. The van der Waals surface area contributed by atoms with Gasteiger partial charge in [0.2, 0.25) is 0 Å². The number of benzene rings is 1. The Kier molecular flexibility index (Phi) is 5.93. The summed E-state index contributed by atoms with van der Waals surface area (Å²) in [4.78, 5) is 0. The molecule has 1 aromatic rings. The highest BCUT2D eigenvalue weighted by molar-refractivity contribution is 7.98. The summed E-state index contributed by atoms with van der Waals surface area (Å²) in [5, 5.41) is 3.58. The van der Waals surface area contributed by atoms with Gasteiger partial charge in [0.25, 0.3) is 0 Å². The average Bonchev–Trinajstić information content (AvgIpc) is 2.25. The Bertz CT molecular complexity index is 323. The molecule has 0 spiro atoms. The zero-order valence-corrected chi connectivity index (χ0v) is 11.7. The van der Waals surface area contributed by atoms with Crippen LogP contribution in [-0.2, 0) is 0 Å². The molecule has 0 aliphatic carbocycles. The standard InChI is InChI=1S/C14H23NS/c1-5-15-14(8-9-16-4)13-7-6-11(2)10-12(13)3/h6-7,10,14-15H,5,8-9H2,1-4H3. The largest absolute Gasteiger partial charge is 0.310 e. The van der Waals surface area contributed by atoms with Gasteiger partial charge < -0.3 is 5.32 Å². The molecule has 1 N–H and O–H groups in total. The van der Waals surface area contributed by atoms with Crippen LogP contribution >= 0.6 is 11.8 Å². The molecule has 1 unspecified atom stereocenters. The van der Waals surface area contributed by atoms with Crippen LogP contribution in [0.15, 0.2) is 18.2 Å². The summed E-state index contributed by atoms with van der Waals surface area (Å²) in [5.41, 5.74) is 4.22. The Morgan fingerprint density at radius 1 is 1.31 bits per heavy atom. The monoisotopic (exact) mass is 237 g/mol. The maximum atomic E-state index is 3.58. The topological polar surface area (TPSA) is 12.0 Å². The Balaban J connectivity index is 2.82. The van der Waals surface area contributed by atoms with Gasteiger partial charge in [-0.15, -0.1) is 0 Å². The molecule has 1 rings (SSSR count). The number of nitrogens with one attached hydrogen (secondary N) is 1. The first-order chi connectivity index (χ1) is 7.69. The lowest BCUT2D eigenvalue weighted by atomic mass is 9.97. The Morgan fingerprint density at radius 2 is 2.06 bits per heavy atom. The molecule has 0 saturated carbocycles. The minimum atomic E-state index is 0.512. The molecule has 0 aliphatic heterocycles. The Labute approximate surface area is 104 Å². The zero-order valence-electron chi connectivity index (χ0n) is 10.8. The third kappa shape index (κ3) is 3.84. The predicted octanol–water partition coefficient (Wildman–Crippen LogP) is 3.71. The van der Waals surface area contributed by atoms with Crippen LogP contribution in [0.2, 0.25) is 0 Å². The fourth-order valence-corrected chi connectivity index (χ4v) is 2.54. The first kappa shape index (κ1) is 13.6. The van der Waals surface area contributed by atoms with E-state index < -0.39 is 0 Å². The van der Waals surface area contributed by atoms with E-state index in [2.05, 4.69) is 50.5 Å². The van der Waals surface area contributed by atoms with Crippen molar-refractivity contribution in [3.63, 3.8) is 0 Å². The molecule has 0 aliphatic rings. The summed E-state index contributed by atoms with van der Waals surface area (Å²) in [6, 6.07) is 7.28. The Hall–Kier alpha value is -0.470. The zero-order chi connectivity index (χ0) is 12.0. The van der Waals surface area contributed by atoms with Crippen LogP contribution in [0.3, 0.4) is 0 Å². The van der Waals surface area contributed by atoms with Crippen molar-refractivity contribution in [1.82, 2.24) is 5.32 Å². The van der Waals surface area contributed by atoms with Crippen molar-refractivity contribution in [2.45, 2.75) is 33.2 Å². The highest BCUT2D eigenvalue weighted by Crippen LogP contribution is 2.22. The van der Waals surface area contributed by atoms with E-state index in [0.717, 1.165) is 6.54 Å². The molecule has 16 heavy (non-hydrogen) atoms. The molecule has 0 saturated heterocycles. The fraction of sp³-hybridized carbons (Fsp3) is 0.571. The van der Waals surface area contributed by atoms with E-state index in [1.54, 1.807) is 0 Å². The van der Waals surface area contributed by atoms with Gasteiger partial charge in [0.05, 0.1) is 0 Å². The second kappa shape index (κ2) is 6.97. The van der Waals surface area contributed by atoms with E-state index in [0.29, 0.717) is 6.04 Å². The van der Waals surface area contributed by atoms with Crippen molar-refractivity contribution in [3.05, 3.63) is 34.9 Å². The maximum absolute atomic E-state index is 3.58. The van der Waals surface area contributed by atoms with E-state index in [4.69, 9.17) is 0 Å². The van der Waals surface area contributed by atoms with E-state index in [9.17, 15) is 0 Å².